The van der Waals surface area contributed by atoms with Crippen LogP contribution in [0, 0.1) is 68.0 Å². The molecule has 9 unspecified atom stereocenters. The van der Waals surface area contributed by atoms with Gasteiger partial charge in [0.1, 0.15) is 12.4 Å². The number of carboxylic acid groups (broad SMARTS) is 1. The number of nitrogens with zero attached hydrogens (tertiary/aromatic N) is 4. The Kier molecular flexibility index (Phi) is 6.22. The SMILES string of the molecule is CC(C)[C@@H](C)C1(C)CCC2(C)C3CCC4C5(C)COCC4(CC(n4cnnc4C#N)C5)C3=CCC2(C)C1C(=O)O. The van der Waals surface area contributed by atoms with Crippen molar-refractivity contribution in [2.75, 3.05) is 13.2 Å². The Labute approximate surface area is 239 Å². The van der Waals surface area contributed by atoms with Gasteiger partial charge in [0.2, 0.25) is 5.82 Å². The second-order valence-corrected chi connectivity index (χ2v) is 15.7. The lowest BCUT2D eigenvalue weighted by Gasteiger charge is -2.70. The van der Waals surface area contributed by atoms with Crippen LogP contribution in [0.5, 0.6) is 0 Å². The molecule has 1 aromatic heterocycles. The topological polar surface area (TPSA) is 101 Å². The summed E-state index contributed by atoms with van der Waals surface area (Å²) in [5.41, 5.74) is 0.820. The molecule has 0 radical (unpaired) electrons. The van der Waals surface area contributed by atoms with Crippen LogP contribution in [-0.4, -0.2) is 39.1 Å². The fourth-order valence-corrected chi connectivity index (χ4v) is 11.5. The van der Waals surface area contributed by atoms with Crippen molar-refractivity contribution in [3.8, 4) is 6.07 Å². The standard InChI is InChI=1S/C33H48N4O3/c1-20(2)21(3)30(5)12-13-31(6)23-8-9-25-29(4)14-22(37-19-35-36-26(37)16-34)15-33(25,18-40-17-29)24(23)10-11-32(31,7)27(30)28(38)39/h10,19-23,25,27H,8-9,11-15,17-18H2,1-7H3,(H,38,39)/t21-,22?,23?,25?,27?,29?,30?,31?,32?,33?/m1/s1. The summed E-state index contributed by atoms with van der Waals surface area (Å²) in [4.78, 5) is 13.3. The highest BCUT2D eigenvalue weighted by Gasteiger charge is 2.70. The van der Waals surface area contributed by atoms with Gasteiger partial charge in [0.05, 0.1) is 19.1 Å². The third-order valence-electron chi connectivity index (χ3n) is 13.9. The summed E-state index contributed by atoms with van der Waals surface area (Å²) >= 11 is 0. The molecule has 40 heavy (non-hydrogen) atoms. The van der Waals surface area contributed by atoms with E-state index in [2.05, 4.69) is 70.8 Å². The van der Waals surface area contributed by atoms with Crippen molar-refractivity contribution >= 4 is 5.97 Å². The molecule has 10 atom stereocenters. The van der Waals surface area contributed by atoms with Crippen LogP contribution in [0.2, 0.25) is 0 Å². The molecule has 0 aromatic carbocycles. The minimum absolute atomic E-state index is 0.0209. The predicted octanol–water partition coefficient (Wildman–Crippen LogP) is 6.67. The molecule has 2 heterocycles. The van der Waals surface area contributed by atoms with E-state index in [0.717, 1.165) is 51.6 Å². The number of aliphatic carboxylic acids is 1. The van der Waals surface area contributed by atoms with Crippen molar-refractivity contribution in [2.45, 2.75) is 99.5 Å². The van der Waals surface area contributed by atoms with Crippen molar-refractivity contribution in [1.29, 1.82) is 5.26 Å². The Morgan fingerprint density at radius 2 is 1.88 bits per heavy atom. The molecule has 1 N–H and O–H groups in total. The Morgan fingerprint density at radius 1 is 1.12 bits per heavy atom. The third-order valence-corrected chi connectivity index (χ3v) is 13.9. The molecule has 1 aromatic rings. The van der Waals surface area contributed by atoms with Crippen molar-refractivity contribution in [3.63, 3.8) is 0 Å². The number of nitriles is 1. The summed E-state index contributed by atoms with van der Waals surface area (Å²) in [7, 11) is 0. The summed E-state index contributed by atoms with van der Waals surface area (Å²) < 4.78 is 8.49. The predicted molar refractivity (Wildman–Crippen MR) is 152 cm³/mol. The normalized spacial score (nSPS) is 46.8. The molecule has 3 saturated carbocycles. The highest BCUT2D eigenvalue weighted by Crippen LogP contribution is 2.75. The zero-order valence-corrected chi connectivity index (χ0v) is 25.5. The molecular formula is C33H48N4O3. The van der Waals surface area contributed by atoms with Crippen LogP contribution in [0.15, 0.2) is 18.0 Å². The van der Waals surface area contributed by atoms with Crippen molar-refractivity contribution in [3.05, 3.63) is 23.8 Å². The third kappa shape index (κ3) is 3.41. The number of rotatable bonds is 4. The molecule has 7 heteroatoms. The molecule has 1 aliphatic heterocycles. The number of hydrogen-bond donors (Lipinski definition) is 1. The summed E-state index contributed by atoms with van der Waals surface area (Å²) in [5, 5.41) is 28.8. The average Bonchev–Trinajstić information content (AvgIpc) is 3.37. The maximum absolute atomic E-state index is 13.3. The zero-order chi connectivity index (χ0) is 28.9. The maximum atomic E-state index is 13.3. The van der Waals surface area contributed by atoms with Gasteiger partial charge in [-0.3, -0.25) is 4.79 Å². The van der Waals surface area contributed by atoms with Crippen molar-refractivity contribution in [1.82, 2.24) is 14.8 Å². The molecule has 5 aliphatic rings. The largest absolute Gasteiger partial charge is 0.481 e. The van der Waals surface area contributed by atoms with E-state index in [4.69, 9.17) is 4.74 Å². The number of hydrogen-bond acceptors (Lipinski definition) is 5. The van der Waals surface area contributed by atoms with Crippen LogP contribution >= 0.6 is 0 Å². The molecule has 0 spiro atoms. The molecule has 218 valence electrons. The molecule has 2 bridgehead atoms. The number of carbonyl (C=O) groups is 1. The van der Waals surface area contributed by atoms with Crippen LogP contribution in [0.3, 0.4) is 0 Å². The molecule has 1 saturated heterocycles. The van der Waals surface area contributed by atoms with Gasteiger partial charge < -0.3 is 14.4 Å². The first-order chi connectivity index (χ1) is 18.8. The number of fused-ring (bicyclic) bond motifs is 3. The Hall–Kier alpha value is -2.20. The Morgan fingerprint density at radius 3 is 2.55 bits per heavy atom. The van der Waals surface area contributed by atoms with E-state index >= 15 is 0 Å². The minimum Gasteiger partial charge on any atom is -0.481 e. The summed E-state index contributed by atoms with van der Waals surface area (Å²) in [5.74, 6) is 1.05. The second-order valence-electron chi connectivity index (χ2n) is 15.7. The van der Waals surface area contributed by atoms with Gasteiger partial charge in [0.25, 0.3) is 0 Å². The minimum atomic E-state index is -0.616. The molecule has 7 nitrogen and oxygen atoms in total. The first-order valence-electron chi connectivity index (χ1n) is 15.6. The number of carboxylic acids is 1. The van der Waals surface area contributed by atoms with E-state index in [0.29, 0.717) is 36.1 Å². The van der Waals surface area contributed by atoms with E-state index < -0.39 is 5.97 Å². The highest BCUT2D eigenvalue weighted by molar-refractivity contribution is 5.73. The monoisotopic (exact) mass is 548 g/mol. The fourth-order valence-electron chi connectivity index (χ4n) is 11.5. The molecular weight excluding hydrogens is 500 g/mol. The smallest absolute Gasteiger partial charge is 0.307 e. The van der Waals surface area contributed by atoms with E-state index in [-0.39, 0.29) is 39.0 Å². The number of allylic oxidation sites excluding steroid dienone is 1. The van der Waals surface area contributed by atoms with Crippen LogP contribution in [-0.2, 0) is 9.53 Å². The van der Waals surface area contributed by atoms with Crippen LogP contribution in [0.25, 0.3) is 0 Å². The van der Waals surface area contributed by atoms with Crippen LogP contribution in [0.4, 0.5) is 0 Å². The van der Waals surface area contributed by atoms with Gasteiger partial charge in [-0.25, -0.2) is 0 Å². The summed E-state index contributed by atoms with van der Waals surface area (Å²) in [6.45, 7) is 17.7. The van der Waals surface area contributed by atoms with Crippen molar-refractivity contribution in [2.24, 2.45) is 56.7 Å². The molecule has 4 fully saturated rings. The van der Waals surface area contributed by atoms with Gasteiger partial charge in [-0.15, -0.1) is 10.2 Å². The van der Waals surface area contributed by atoms with Crippen LogP contribution < -0.4 is 0 Å². The highest BCUT2D eigenvalue weighted by atomic mass is 16.5. The van der Waals surface area contributed by atoms with Gasteiger partial charge in [-0.2, -0.15) is 5.26 Å². The van der Waals surface area contributed by atoms with Gasteiger partial charge >= 0.3 is 5.97 Å². The molecule has 4 aliphatic carbocycles. The van der Waals surface area contributed by atoms with E-state index in [1.807, 2.05) is 4.57 Å². The summed E-state index contributed by atoms with van der Waals surface area (Å²) in [6, 6.07) is 2.41. The lowest BCUT2D eigenvalue weighted by atomic mass is 9.34. The van der Waals surface area contributed by atoms with Gasteiger partial charge in [0.15, 0.2) is 0 Å². The first kappa shape index (κ1) is 27.9. The lowest BCUT2D eigenvalue weighted by Crippen LogP contribution is -2.66. The van der Waals surface area contributed by atoms with E-state index in [1.165, 1.54) is 5.57 Å². The quantitative estimate of drug-likeness (QED) is 0.422. The van der Waals surface area contributed by atoms with E-state index in [1.54, 1.807) is 6.33 Å². The van der Waals surface area contributed by atoms with E-state index in [9.17, 15) is 15.2 Å². The Balaban J connectivity index is 1.46. The molecule has 6 rings (SSSR count). The maximum Gasteiger partial charge on any atom is 0.307 e. The second kappa shape index (κ2) is 8.90. The Bertz CT molecular complexity index is 1280. The first-order valence-corrected chi connectivity index (χ1v) is 15.6. The van der Waals surface area contributed by atoms with Crippen LogP contribution in [0.1, 0.15) is 105 Å². The van der Waals surface area contributed by atoms with Crippen molar-refractivity contribution < 1.29 is 14.6 Å². The van der Waals surface area contributed by atoms with Gasteiger partial charge in [-0.1, -0.05) is 60.1 Å². The van der Waals surface area contributed by atoms with Gasteiger partial charge in [0, 0.05) is 11.5 Å². The zero-order valence-electron chi connectivity index (χ0n) is 25.5. The van der Waals surface area contributed by atoms with Gasteiger partial charge in [-0.05, 0) is 90.3 Å². The lowest BCUT2D eigenvalue weighted by molar-refractivity contribution is -0.212. The molecule has 0 amide bonds. The number of ether oxygens (including phenoxy) is 1. The average molecular weight is 549 g/mol. The summed E-state index contributed by atoms with van der Waals surface area (Å²) in [6.07, 6.45) is 11.2. The fraction of sp³-hybridized carbons (Fsp3) is 0.818. The number of aromatic nitrogens is 3.